The molecule has 110 valence electrons. The molecule has 4 nitrogen and oxygen atoms in total. The first-order valence-corrected chi connectivity index (χ1v) is 7.55. The van der Waals surface area contributed by atoms with Crippen LogP contribution in [-0.4, -0.2) is 11.0 Å². The number of benzene rings is 1. The smallest absolute Gasteiger partial charge is 0.381 e. The van der Waals surface area contributed by atoms with E-state index in [4.69, 9.17) is 20.8 Å². The highest BCUT2D eigenvalue weighted by Gasteiger charge is 2.16. The first-order valence-electron chi connectivity index (χ1n) is 6.35. The van der Waals surface area contributed by atoms with Crippen molar-refractivity contribution in [3.63, 3.8) is 0 Å². The summed E-state index contributed by atoms with van der Waals surface area (Å²) >= 11 is 7.41. The quantitative estimate of drug-likeness (QED) is 0.512. The molecule has 0 aliphatic heterocycles. The van der Waals surface area contributed by atoms with E-state index >= 15 is 0 Å². The molecule has 1 aromatic carbocycles. The van der Waals surface area contributed by atoms with Gasteiger partial charge in [0.15, 0.2) is 0 Å². The van der Waals surface area contributed by atoms with Gasteiger partial charge in [-0.05, 0) is 42.5 Å². The highest BCUT2D eigenvalue weighted by atomic mass is 35.5. The van der Waals surface area contributed by atoms with Crippen LogP contribution in [0.15, 0.2) is 75.3 Å². The number of ether oxygens (including phenoxy) is 1. The summed E-state index contributed by atoms with van der Waals surface area (Å²) in [6, 6.07) is 12.5. The van der Waals surface area contributed by atoms with Crippen molar-refractivity contribution in [2.24, 2.45) is 0 Å². The molecule has 2 heterocycles. The van der Waals surface area contributed by atoms with Gasteiger partial charge in [-0.2, -0.15) is 0 Å². The minimum Gasteiger partial charge on any atom is -0.456 e. The Morgan fingerprint density at radius 1 is 1.05 bits per heavy atom. The van der Waals surface area contributed by atoms with Gasteiger partial charge in [0.2, 0.25) is 5.76 Å². The van der Waals surface area contributed by atoms with E-state index in [1.54, 1.807) is 36.3 Å². The summed E-state index contributed by atoms with van der Waals surface area (Å²) in [6.45, 7) is 0. The molecule has 0 unspecified atom stereocenters. The second-order valence-electron chi connectivity index (χ2n) is 4.24. The van der Waals surface area contributed by atoms with Crippen molar-refractivity contribution in [1.29, 1.82) is 0 Å². The Morgan fingerprint density at radius 3 is 2.36 bits per heavy atom. The molecule has 0 saturated carbocycles. The van der Waals surface area contributed by atoms with Gasteiger partial charge < -0.3 is 9.15 Å². The minimum absolute atomic E-state index is 0.00287. The Bertz CT molecular complexity index is 772. The van der Waals surface area contributed by atoms with Crippen LogP contribution in [0.5, 0.6) is 5.75 Å². The van der Waals surface area contributed by atoms with Gasteiger partial charge in [0.25, 0.3) is 0 Å². The Hall–Kier alpha value is -2.24. The summed E-state index contributed by atoms with van der Waals surface area (Å²) in [5.41, 5.74) is 0. The molecule has 3 aromatic rings. The van der Waals surface area contributed by atoms with E-state index in [1.807, 2.05) is 24.3 Å². The molecule has 0 aliphatic carbocycles. The first kappa shape index (κ1) is 14.7. The van der Waals surface area contributed by atoms with Crippen molar-refractivity contribution in [1.82, 2.24) is 4.98 Å². The lowest BCUT2D eigenvalue weighted by Gasteiger charge is -2.05. The molecule has 0 spiro atoms. The van der Waals surface area contributed by atoms with Crippen LogP contribution in [-0.2, 0) is 0 Å². The van der Waals surface area contributed by atoms with Crippen molar-refractivity contribution in [2.75, 3.05) is 0 Å². The molecule has 0 N–H and O–H groups in total. The second-order valence-corrected chi connectivity index (χ2v) is 5.80. The maximum Gasteiger partial charge on any atom is 0.381 e. The topological polar surface area (TPSA) is 52.3 Å². The highest BCUT2D eigenvalue weighted by Crippen LogP contribution is 2.28. The Kier molecular flexibility index (Phi) is 4.46. The molecule has 0 saturated heterocycles. The third-order valence-corrected chi connectivity index (χ3v) is 4.04. The van der Waals surface area contributed by atoms with Crippen LogP contribution in [0.2, 0.25) is 5.02 Å². The number of halogens is 1. The number of hydrogen-bond acceptors (Lipinski definition) is 5. The zero-order valence-corrected chi connectivity index (χ0v) is 12.8. The zero-order chi connectivity index (χ0) is 15.4. The average Bonchev–Trinajstić information content (AvgIpc) is 2.96. The van der Waals surface area contributed by atoms with Crippen LogP contribution in [0, 0.1) is 0 Å². The van der Waals surface area contributed by atoms with Crippen LogP contribution in [0.3, 0.4) is 0 Å². The fourth-order valence-electron chi connectivity index (χ4n) is 1.71. The number of hydrogen-bond donors (Lipinski definition) is 0. The van der Waals surface area contributed by atoms with Gasteiger partial charge in [0.1, 0.15) is 5.75 Å². The second kappa shape index (κ2) is 6.68. The highest BCUT2D eigenvalue weighted by molar-refractivity contribution is 7.99. The average molecular weight is 332 g/mol. The van der Waals surface area contributed by atoms with E-state index in [0.29, 0.717) is 5.75 Å². The van der Waals surface area contributed by atoms with E-state index in [1.165, 1.54) is 12.3 Å². The van der Waals surface area contributed by atoms with E-state index < -0.39 is 5.97 Å². The summed E-state index contributed by atoms with van der Waals surface area (Å²) < 4.78 is 10.2. The van der Waals surface area contributed by atoms with Crippen LogP contribution >= 0.6 is 23.4 Å². The van der Waals surface area contributed by atoms with Gasteiger partial charge in [-0.25, -0.2) is 4.79 Å². The predicted molar refractivity (Wildman–Crippen MR) is 83.5 cm³/mol. The third kappa shape index (κ3) is 3.50. The standard InChI is InChI=1S/C16H10ClNO3S/c17-14-7-10-20-15(14)16(19)21-11-1-3-12(4-2-11)22-13-5-8-18-9-6-13/h1-10H. The number of pyridine rings is 1. The van der Waals surface area contributed by atoms with Crippen molar-refractivity contribution >= 4 is 29.3 Å². The summed E-state index contributed by atoms with van der Waals surface area (Å²) in [6.07, 6.45) is 4.82. The summed E-state index contributed by atoms with van der Waals surface area (Å²) in [5, 5.41) is 0.231. The Balaban J connectivity index is 1.67. The molecule has 0 atom stereocenters. The van der Waals surface area contributed by atoms with Gasteiger partial charge in [-0.1, -0.05) is 23.4 Å². The van der Waals surface area contributed by atoms with Crippen LogP contribution < -0.4 is 4.74 Å². The number of carbonyl (C=O) groups excluding carboxylic acids is 1. The number of carbonyl (C=O) groups is 1. The van der Waals surface area contributed by atoms with E-state index in [-0.39, 0.29) is 10.8 Å². The molecule has 3 rings (SSSR count). The third-order valence-electron chi connectivity index (χ3n) is 2.72. The summed E-state index contributed by atoms with van der Waals surface area (Å²) in [4.78, 5) is 17.9. The van der Waals surface area contributed by atoms with Crippen LogP contribution in [0.25, 0.3) is 0 Å². The van der Waals surface area contributed by atoms with Gasteiger partial charge in [-0.15, -0.1) is 0 Å². The lowest BCUT2D eigenvalue weighted by atomic mass is 10.3. The van der Waals surface area contributed by atoms with E-state index in [0.717, 1.165) is 9.79 Å². The normalized spacial score (nSPS) is 10.4. The van der Waals surface area contributed by atoms with Gasteiger partial charge >= 0.3 is 5.97 Å². The fourth-order valence-corrected chi connectivity index (χ4v) is 2.69. The molecule has 6 heteroatoms. The molecular weight excluding hydrogens is 322 g/mol. The lowest BCUT2D eigenvalue weighted by Crippen LogP contribution is -2.07. The van der Waals surface area contributed by atoms with E-state index in [2.05, 4.69) is 4.98 Å². The van der Waals surface area contributed by atoms with Gasteiger partial charge in [0, 0.05) is 22.2 Å². The molecule has 0 bridgehead atoms. The molecule has 0 fully saturated rings. The largest absolute Gasteiger partial charge is 0.456 e. The number of furan rings is 1. The van der Waals surface area contributed by atoms with Crippen molar-refractivity contribution in [3.05, 3.63) is 71.9 Å². The summed E-state index contributed by atoms with van der Waals surface area (Å²) in [7, 11) is 0. The Labute approximate surface area is 136 Å². The van der Waals surface area contributed by atoms with E-state index in [9.17, 15) is 4.79 Å². The van der Waals surface area contributed by atoms with Gasteiger partial charge in [-0.3, -0.25) is 4.98 Å². The van der Waals surface area contributed by atoms with Crippen LogP contribution in [0.1, 0.15) is 10.6 Å². The lowest BCUT2D eigenvalue weighted by molar-refractivity contribution is 0.0701. The number of esters is 1. The molecule has 0 aliphatic rings. The predicted octanol–water partition coefficient (Wildman–Crippen LogP) is 4.70. The monoisotopic (exact) mass is 331 g/mol. The van der Waals surface area contributed by atoms with Crippen molar-refractivity contribution < 1.29 is 13.9 Å². The number of nitrogens with zero attached hydrogens (tertiary/aromatic N) is 1. The molecule has 0 radical (unpaired) electrons. The fraction of sp³-hybridized carbons (Fsp3) is 0. The zero-order valence-electron chi connectivity index (χ0n) is 11.2. The molecule has 0 amide bonds. The van der Waals surface area contributed by atoms with Crippen LogP contribution in [0.4, 0.5) is 0 Å². The molecule has 22 heavy (non-hydrogen) atoms. The maximum atomic E-state index is 11.9. The number of aromatic nitrogens is 1. The Morgan fingerprint density at radius 2 is 1.73 bits per heavy atom. The minimum atomic E-state index is -0.621. The molecule has 2 aromatic heterocycles. The number of rotatable bonds is 4. The maximum absolute atomic E-state index is 11.9. The summed E-state index contributed by atoms with van der Waals surface area (Å²) in [5.74, 6) is -0.196. The molecular formula is C16H10ClNO3S. The van der Waals surface area contributed by atoms with Crippen molar-refractivity contribution in [3.8, 4) is 5.75 Å². The van der Waals surface area contributed by atoms with Gasteiger partial charge in [0.05, 0.1) is 11.3 Å². The first-order chi connectivity index (χ1) is 10.7. The SMILES string of the molecule is O=C(Oc1ccc(Sc2ccncc2)cc1)c1occc1Cl. The van der Waals surface area contributed by atoms with Crippen molar-refractivity contribution in [2.45, 2.75) is 9.79 Å².